The van der Waals surface area contributed by atoms with Gasteiger partial charge in [-0.25, -0.2) is 0 Å². The molecule has 228 valence electrons. The minimum absolute atomic E-state index is 0.0142. The van der Waals surface area contributed by atoms with Crippen molar-refractivity contribution in [3.05, 3.63) is 185 Å². The summed E-state index contributed by atoms with van der Waals surface area (Å²) in [5.41, 5.74) is 16.3. The van der Waals surface area contributed by atoms with Crippen LogP contribution < -0.4 is 4.90 Å². The van der Waals surface area contributed by atoms with E-state index in [9.17, 15) is 0 Å². The molecule has 3 heterocycles. The third-order valence-electron chi connectivity index (χ3n) is 11.3. The largest absolute Gasteiger partial charge is 0.333 e. The molecule has 3 heteroatoms. The molecule has 0 bridgehead atoms. The minimum Gasteiger partial charge on any atom is -0.333 e. The Kier molecular flexibility index (Phi) is 5.58. The zero-order valence-corrected chi connectivity index (χ0v) is 27.0. The van der Waals surface area contributed by atoms with Gasteiger partial charge in [-0.1, -0.05) is 141 Å². The average molecular weight is 608 g/mol. The quantitative estimate of drug-likeness (QED) is 0.188. The van der Waals surface area contributed by atoms with E-state index >= 15 is 0 Å². The van der Waals surface area contributed by atoms with Gasteiger partial charge in [-0.2, -0.15) is 5.01 Å². The Morgan fingerprint density at radius 3 is 2.17 bits per heavy atom. The van der Waals surface area contributed by atoms with Crippen LogP contribution in [0.3, 0.4) is 0 Å². The van der Waals surface area contributed by atoms with Gasteiger partial charge in [0.25, 0.3) is 0 Å². The van der Waals surface area contributed by atoms with E-state index in [0.717, 1.165) is 0 Å². The van der Waals surface area contributed by atoms with Gasteiger partial charge in [-0.3, -0.25) is 5.01 Å². The number of benzene rings is 5. The SMILES string of the molecule is CC1=C(c2cccc(N3c4cc5c(cc4C4C=CC=CC43)C(C)(C)c3ccccc3-5)c2)N2C(c3ccccc3)N2C1c1ccccc1. The molecule has 5 aliphatic rings. The maximum absolute atomic E-state index is 2.60. The van der Waals surface area contributed by atoms with E-state index < -0.39 is 0 Å². The van der Waals surface area contributed by atoms with Crippen LogP contribution in [0.15, 0.2) is 151 Å². The van der Waals surface area contributed by atoms with Gasteiger partial charge < -0.3 is 4.90 Å². The van der Waals surface area contributed by atoms with E-state index in [1.165, 1.54) is 67.2 Å². The second-order valence-corrected chi connectivity index (χ2v) is 14.2. The number of hydrogen-bond acceptors (Lipinski definition) is 3. The molecule has 0 saturated carbocycles. The Balaban J connectivity index is 1.11. The molecule has 5 aromatic carbocycles. The Bertz CT molecular complexity index is 2170. The van der Waals surface area contributed by atoms with E-state index in [2.05, 4.69) is 181 Å². The summed E-state index contributed by atoms with van der Waals surface area (Å²) in [7, 11) is 0. The number of fused-ring (bicyclic) bond motifs is 7. The smallest absolute Gasteiger partial charge is 0.141 e. The minimum atomic E-state index is -0.0142. The molecule has 0 radical (unpaired) electrons. The molecule has 5 aromatic rings. The van der Waals surface area contributed by atoms with Crippen molar-refractivity contribution in [3.63, 3.8) is 0 Å². The molecule has 0 N–H and O–H groups in total. The van der Waals surface area contributed by atoms with Crippen molar-refractivity contribution in [3.8, 4) is 11.1 Å². The molecule has 5 unspecified atom stereocenters. The van der Waals surface area contributed by atoms with Crippen LogP contribution in [-0.2, 0) is 5.41 Å². The molecule has 0 aromatic heterocycles. The number of allylic oxidation sites excluding steroid dienone is 2. The zero-order chi connectivity index (χ0) is 31.4. The van der Waals surface area contributed by atoms with Gasteiger partial charge in [0.2, 0.25) is 0 Å². The Hall–Kier alpha value is -5.12. The average Bonchev–Trinajstić information content (AvgIpc) is 3.51. The van der Waals surface area contributed by atoms with Crippen molar-refractivity contribution < 1.29 is 0 Å². The molecule has 0 spiro atoms. The van der Waals surface area contributed by atoms with Crippen molar-refractivity contribution in [2.45, 2.75) is 50.4 Å². The summed E-state index contributed by atoms with van der Waals surface area (Å²) in [6.07, 6.45) is 9.49. The summed E-state index contributed by atoms with van der Waals surface area (Å²) in [4.78, 5) is 2.60. The molecular weight excluding hydrogens is 571 g/mol. The van der Waals surface area contributed by atoms with Crippen molar-refractivity contribution >= 4 is 17.1 Å². The number of nitrogens with zero attached hydrogens (tertiary/aromatic N) is 3. The van der Waals surface area contributed by atoms with Crippen LogP contribution in [0.1, 0.15) is 72.3 Å². The van der Waals surface area contributed by atoms with Gasteiger partial charge in [0.05, 0.1) is 17.8 Å². The van der Waals surface area contributed by atoms with Gasteiger partial charge in [0, 0.05) is 28.3 Å². The molecule has 10 rings (SSSR count). The van der Waals surface area contributed by atoms with Crippen molar-refractivity contribution in [2.24, 2.45) is 0 Å². The highest BCUT2D eigenvalue weighted by Crippen LogP contribution is 2.62. The lowest BCUT2D eigenvalue weighted by molar-refractivity contribution is 0.357. The van der Waals surface area contributed by atoms with E-state index in [4.69, 9.17) is 0 Å². The van der Waals surface area contributed by atoms with Crippen LogP contribution in [0.5, 0.6) is 0 Å². The van der Waals surface area contributed by atoms with Gasteiger partial charge in [-0.05, 0) is 69.6 Å². The lowest BCUT2D eigenvalue weighted by Crippen LogP contribution is -2.28. The van der Waals surface area contributed by atoms with Crippen LogP contribution in [0, 0.1) is 0 Å². The standard InChI is InChI=1S/C44H37N3/c1-28-41(29-15-6-4-7-16-29)46-43(30-17-8-5-9-18-30)47(46)42(28)31-19-14-20-32(25-31)45-39-24-13-11-22-34(39)36-26-38-35(27-40(36)45)33-21-10-12-23-37(33)44(38,2)3/h4-27,34,39,41,43H,1-3H3. The van der Waals surface area contributed by atoms with Gasteiger partial charge in [0.15, 0.2) is 0 Å². The van der Waals surface area contributed by atoms with Crippen LogP contribution in [0.2, 0.25) is 0 Å². The summed E-state index contributed by atoms with van der Waals surface area (Å²) in [6.45, 7) is 7.09. The molecule has 3 aliphatic heterocycles. The predicted octanol–water partition coefficient (Wildman–Crippen LogP) is 10.4. The molecule has 5 atom stereocenters. The highest BCUT2D eigenvalue weighted by molar-refractivity contribution is 5.88. The van der Waals surface area contributed by atoms with Crippen LogP contribution in [-0.4, -0.2) is 16.1 Å². The fourth-order valence-corrected chi connectivity index (χ4v) is 9.15. The molecule has 0 amide bonds. The fraction of sp³-hybridized carbons (Fsp3) is 0.182. The summed E-state index contributed by atoms with van der Waals surface area (Å²) in [5, 5.41) is 5.08. The van der Waals surface area contributed by atoms with Crippen LogP contribution in [0.25, 0.3) is 16.8 Å². The molecule has 1 fully saturated rings. The molecule has 2 aliphatic carbocycles. The number of anilines is 2. The maximum Gasteiger partial charge on any atom is 0.141 e. The third-order valence-corrected chi connectivity index (χ3v) is 11.3. The van der Waals surface area contributed by atoms with Crippen LogP contribution >= 0.6 is 0 Å². The zero-order valence-electron chi connectivity index (χ0n) is 27.0. The third kappa shape index (κ3) is 3.72. The van der Waals surface area contributed by atoms with Crippen molar-refractivity contribution in [1.29, 1.82) is 0 Å². The van der Waals surface area contributed by atoms with Crippen LogP contribution in [0.4, 0.5) is 11.4 Å². The first kappa shape index (κ1) is 27.0. The first-order valence-electron chi connectivity index (χ1n) is 16.9. The van der Waals surface area contributed by atoms with Crippen molar-refractivity contribution in [1.82, 2.24) is 10.0 Å². The summed E-state index contributed by atoms with van der Waals surface area (Å²) in [6, 6.07) is 45.7. The second-order valence-electron chi connectivity index (χ2n) is 14.2. The Morgan fingerprint density at radius 1 is 0.638 bits per heavy atom. The normalized spacial score (nSPS) is 25.4. The summed E-state index contributed by atoms with van der Waals surface area (Å²) >= 11 is 0. The second kappa shape index (κ2) is 9.70. The first-order valence-corrected chi connectivity index (χ1v) is 16.9. The maximum atomic E-state index is 2.60. The highest BCUT2D eigenvalue weighted by atomic mass is 15.9. The van der Waals surface area contributed by atoms with Crippen molar-refractivity contribution in [2.75, 3.05) is 4.90 Å². The number of hydrazine groups is 1. The molecule has 3 nitrogen and oxygen atoms in total. The monoisotopic (exact) mass is 607 g/mol. The van der Waals surface area contributed by atoms with Gasteiger partial charge in [-0.15, -0.1) is 0 Å². The van der Waals surface area contributed by atoms with Gasteiger partial charge in [0.1, 0.15) is 6.17 Å². The van der Waals surface area contributed by atoms with E-state index in [1.54, 1.807) is 0 Å². The van der Waals surface area contributed by atoms with E-state index in [0.29, 0.717) is 5.92 Å². The highest BCUT2D eigenvalue weighted by Gasteiger charge is 2.58. The Morgan fingerprint density at radius 2 is 1.36 bits per heavy atom. The lowest BCUT2D eigenvalue weighted by atomic mass is 9.80. The number of hydrogen-bond donors (Lipinski definition) is 0. The summed E-state index contributed by atoms with van der Waals surface area (Å²) in [5.74, 6) is 0.323. The fourth-order valence-electron chi connectivity index (χ4n) is 9.15. The lowest BCUT2D eigenvalue weighted by Gasteiger charge is -2.29. The molecule has 47 heavy (non-hydrogen) atoms. The first-order chi connectivity index (χ1) is 23.0. The number of rotatable bonds is 4. The molecular formula is C44H37N3. The summed E-state index contributed by atoms with van der Waals surface area (Å²) < 4.78 is 0. The Labute approximate surface area is 277 Å². The molecule has 1 saturated heterocycles. The van der Waals surface area contributed by atoms with E-state index in [-0.39, 0.29) is 23.7 Å². The topological polar surface area (TPSA) is 9.26 Å². The predicted molar refractivity (Wildman–Crippen MR) is 192 cm³/mol. The van der Waals surface area contributed by atoms with Gasteiger partial charge >= 0.3 is 0 Å². The van der Waals surface area contributed by atoms with E-state index in [1.807, 2.05) is 0 Å².